The summed E-state index contributed by atoms with van der Waals surface area (Å²) in [6.07, 6.45) is 4.04. The van der Waals surface area contributed by atoms with Gasteiger partial charge in [-0.1, -0.05) is 26.2 Å². The Labute approximate surface area is 83.3 Å². The zero-order valence-corrected chi connectivity index (χ0v) is 8.21. The Balaban J connectivity index is 3.47. The summed E-state index contributed by atoms with van der Waals surface area (Å²) in [4.78, 5) is 20.7. The number of rotatable bonds is 5. The molecule has 0 radical (unpaired) electrons. The van der Waals surface area contributed by atoms with Crippen molar-refractivity contribution in [3.05, 3.63) is 0 Å². The molecule has 0 fully saturated rings. The minimum Gasteiger partial charge on any atom is -0.472 e. The quantitative estimate of drug-likeness (QED) is 0.312. The topological polar surface area (TPSA) is 63.6 Å². The van der Waals surface area contributed by atoms with E-state index in [2.05, 4.69) is 11.7 Å². The average molecular weight is 198 g/mol. The Morgan fingerprint density at radius 3 is 2.50 bits per heavy atom. The lowest BCUT2D eigenvalue weighted by Crippen LogP contribution is -2.03. The van der Waals surface area contributed by atoms with Crippen molar-refractivity contribution < 1.29 is 19.4 Å². The molecule has 14 heavy (non-hydrogen) atoms. The van der Waals surface area contributed by atoms with Crippen LogP contribution in [0.1, 0.15) is 32.6 Å². The fourth-order valence-electron chi connectivity index (χ4n) is 0.834. The van der Waals surface area contributed by atoms with E-state index in [0.29, 0.717) is 6.61 Å². The molecule has 0 aliphatic carbocycles. The molecule has 0 aromatic carbocycles. The first-order valence-corrected chi connectivity index (χ1v) is 4.58. The lowest BCUT2D eigenvalue weighted by Gasteiger charge is -1.99. The molecule has 78 valence electrons. The summed E-state index contributed by atoms with van der Waals surface area (Å²) in [5.74, 6) is 1.45. The number of esters is 1. The number of carboxylic acids is 1. The van der Waals surface area contributed by atoms with E-state index in [1.165, 1.54) is 0 Å². The van der Waals surface area contributed by atoms with Crippen LogP contribution in [0.2, 0.25) is 0 Å². The van der Waals surface area contributed by atoms with E-state index in [4.69, 9.17) is 5.11 Å². The zero-order chi connectivity index (χ0) is 10.8. The van der Waals surface area contributed by atoms with Gasteiger partial charge in [0.05, 0.1) is 6.61 Å². The van der Waals surface area contributed by atoms with Crippen molar-refractivity contribution >= 4 is 11.9 Å². The van der Waals surface area contributed by atoms with Gasteiger partial charge in [-0.05, 0) is 6.42 Å². The maximum atomic E-state index is 10.7. The van der Waals surface area contributed by atoms with Crippen LogP contribution in [0.25, 0.3) is 0 Å². The number of carboxylic acid groups (broad SMARTS) is 1. The third-order valence-electron chi connectivity index (χ3n) is 1.50. The molecule has 0 saturated carbocycles. The van der Waals surface area contributed by atoms with Crippen LogP contribution < -0.4 is 0 Å². The highest BCUT2D eigenvalue weighted by molar-refractivity contribution is 5.97. The number of ether oxygens (including phenoxy) is 1. The summed E-state index contributed by atoms with van der Waals surface area (Å²) < 4.78 is 4.66. The molecular formula is C10H14O4. The second kappa shape index (κ2) is 8.11. The van der Waals surface area contributed by atoms with Crippen molar-refractivity contribution in [3.63, 3.8) is 0 Å². The van der Waals surface area contributed by atoms with Crippen molar-refractivity contribution in [1.29, 1.82) is 0 Å². The van der Waals surface area contributed by atoms with Gasteiger partial charge in [0.2, 0.25) is 0 Å². The van der Waals surface area contributed by atoms with E-state index < -0.39 is 11.9 Å². The number of hydrogen-bond acceptors (Lipinski definition) is 3. The highest BCUT2D eigenvalue weighted by Gasteiger charge is 1.97. The summed E-state index contributed by atoms with van der Waals surface area (Å²) in [5.41, 5.74) is 0. The van der Waals surface area contributed by atoms with Gasteiger partial charge in [0.25, 0.3) is 0 Å². The third-order valence-corrected chi connectivity index (χ3v) is 1.50. The van der Waals surface area contributed by atoms with Crippen LogP contribution in [0.3, 0.4) is 0 Å². The van der Waals surface area contributed by atoms with E-state index in [9.17, 15) is 9.59 Å². The van der Waals surface area contributed by atoms with Crippen LogP contribution in [0.4, 0.5) is 0 Å². The summed E-state index contributed by atoms with van der Waals surface area (Å²) in [7, 11) is 0. The van der Waals surface area contributed by atoms with E-state index >= 15 is 0 Å². The molecule has 0 bridgehead atoms. The van der Waals surface area contributed by atoms with Crippen molar-refractivity contribution in [3.8, 4) is 11.8 Å². The molecule has 0 spiro atoms. The predicted molar refractivity (Wildman–Crippen MR) is 50.5 cm³/mol. The molecule has 0 heterocycles. The predicted octanol–water partition coefficient (Wildman–Crippen LogP) is 1.20. The standard InChI is InChI=1S/C10H14O4/c1-2-3-4-5-8-14-10(13)7-6-9(11)12/h2-5,8H2,1H3,(H,11,12). The third kappa shape index (κ3) is 8.60. The van der Waals surface area contributed by atoms with Gasteiger partial charge in [-0.15, -0.1) is 0 Å². The van der Waals surface area contributed by atoms with Crippen molar-refractivity contribution in [2.45, 2.75) is 32.6 Å². The second-order valence-electron chi connectivity index (χ2n) is 2.75. The minimum absolute atomic E-state index is 0.313. The molecule has 0 saturated heterocycles. The number of hydrogen-bond donors (Lipinski definition) is 1. The van der Waals surface area contributed by atoms with Crippen molar-refractivity contribution in [2.24, 2.45) is 0 Å². The van der Waals surface area contributed by atoms with E-state index in [1.54, 1.807) is 5.92 Å². The zero-order valence-electron chi connectivity index (χ0n) is 8.21. The van der Waals surface area contributed by atoms with Gasteiger partial charge in [0.1, 0.15) is 0 Å². The molecule has 0 aliphatic rings. The maximum Gasteiger partial charge on any atom is 0.384 e. The summed E-state index contributed by atoms with van der Waals surface area (Å²) in [5, 5.41) is 8.12. The minimum atomic E-state index is -1.33. The molecule has 4 heteroatoms. The Morgan fingerprint density at radius 2 is 1.93 bits per heavy atom. The molecule has 0 atom stereocenters. The molecule has 0 aliphatic heterocycles. The highest BCUT2D eigenvalue weighted by atomic mass is 16.5. The normalized spacial score (nSPS) is 8.64. The average Bonchev–Trinajstić information content (AvgIpc) is 2.14. The van der Waals surface area contributed by atoms with E-state index in [1.807, 2.05) is 5.92 Å². The number of carbonyl (C=O) groups excluding carboxylic acids is 1. The molecule has 4 nitrogen and oxygen atoms in total. The van der Waals surface area contributed by atoms with Gasteiger partial charge in [-0.2, -0.15) is 0 Å². The lowest BCUT2D eigenvalue weighted by atomic mass is 10.2. The highest BCUT2D eigenvalue weighted by Crippen LogP contribution is 1.98. The van der Waals surface area contributed by atoms with Crippen LogP contribution in [0, 0.1) is 11.8 Å². The lowest BCUT2D eigenvalue weighted by molar-refractivity contribution is -0.137. The van der Waals surface area contributed by atoms with Gasteiger partial charge in [-0.25, -0.2) is 9.59 Å². The van der Waals surface area contributed by atoms with Gasteiger partial charge < -0.3 is 9.84 Å². The van der Waals surface area contributed by atoms with Crippen LogP contribution in [-0.4, -0.2) is 23.7 Å². The first-order chi connectivity index (χ1) is 6.66. The Hall–Kier alpha value is -1.50. The number of aliphatic carboxylic acids is 1. The molecular weight excluding hydrogens is 184 g/mol. The van der Waals surface area contributed by atoms with Crippen molar-refractivity contribution in [2.75, 3.05) is 6.61 Å². The Bertz CT molecular complexity index is 247. The molecule has 0 rings (SSSR count). The number of carbonyl (C=O) groups is 2. The first-order valence-electron chi connectivity index (χ1n) is 4.58. The largest absolute Gasteiger partial charge is 0.472 e. The van der Waals surface area contributed by atoms with Crippen molar-refractivity contribution in [1.82, 2.24) is 0 Å². The summed E-state index contributed by atoms with van der Waals surface area (Å²) in [6.45, 7) is 2.40. The maximum absolute atomic E-state index is 10.7. The van der Waals surface area contributed by atoms with Gasteiger partial charge in [-0.3, -0.25) is 0 Å². The molecule has 1 N–H and O–H groups in total. The molecule has 0 aromatic rings. The molecule has 0 amide bonds. The summed E-state index contributed by atoms with van der Waals surface area (Å²) in [6, 6.07) is 0. The Kier molecular flexibility index (Phi) is 7.24. The van der Waals surface area contributed by atoms with Crippen LogP contribution in [0.15, 0.2) is 0 Å². The van der Waals surface area contributed by atoms with Crippen LogP contribution in [0.5, 0.6) is 0 Å². The summed E-state index contributed by atoms with van der Waals surface area (Å²) >= 11 is 0. The van der Waals surface area contributed by atoms with Crippen LogP contribution >= 0.6 is 0 Å². The van der Waals surface area contributed by atoms with Crippen LogP contribution in [-0.2, 0) is 14.3 Å². The molecule has 0 unspecified atom stereocenters. The van der Waals surface area contributed by atoms with Gasteiger partial charge >= 0.3 is 11.9 Å². The fourth-order valence-corrected chi connectivity index (χ4v) is 0.834. The fraction of sp³-hybridized carbons (Fsp3) is 0.600. The Morgan fingerprint density at radius 1 is 1.21 bits per heavy atom. The SMILES string of the molecule is CCCCCCOC(=O)C#CC(=O)O. The molecule has 0 aromatic heterocycles. The number of unbranched alkanes of at least 4 members (excludes halogenated alkanes) is 3. The van der Waals surface area contributed by atoms with Gasteiger partial charge in [0.15, 0.2) is 0 Å². The monoisotopic (exact) mass is 198 g/mol. The first kappa shape index (κ1) is 12.5. The van der Waals surface area contributed by atoms with Gasteiger partial charge in [0, 0.05) is 11.8 Å². The van der Waals surface area contributed by atoms with E-state index in [0.717, 1.165) is 25.7 Å². The van der Waals surface area contributed by atoms with E-state index in [-0.39, 0.29) is 0 Å². The smallest absolute Gasteiger partial charge is 0.384 e. The second-order valence-corrected chi connectivity index (χ2v) is 2.75.